The van der Waals surface area contributed by atoms with E-state index in [-0.39, 0.29) is 5.56 Å². The van der Waals surface area contributed by atoms with Gasteiger partial charge in [-0.25, -0.2) is 0 Å². The maximum absolute atomic E-state index is 11.1. The van der Waals surface area contributed by atoms with Crippen LogP contribution in [0.3, 0.4) is 0 Å². The van der Waals surface area contributed by atoms with Crippen molar-refractivity contribution in [2.75, 3.05) is 5.73 Å². The lowest BCUT2D eigenvalue weighted by molar-refractivity contribution is 1.10. The minimum atomic E-state index is -0.158. The zero-order chi connectivity index (χ0) is 14.1. The Morgan fingerprint density at radius 2 is 1.75 bits per heavy atom. The average Bonchev–Trinajstić information content (AvgIpc) is 2.83. The van der Waals surface area contributed by atoms with Gasteiger partial charge in [-0.1, -0.05) is 23.7 Å². The number of aromatic amines is 2. The summed E-state index contributed by atoms with van der Waals surface area (Å²) in [4.78, 5) is 13.8. The minimum Gasteiger partial charge on any atom is -0.382 e. The molecule has 0 saturated carbocycles. The van der Waals surface area contributed by atoms with Crippen LogP contribution in [0.1, 0.15) is 0 Å². The SMILES string of the molecule is Nc1n[nH]c(-c2ccc(=O)[nH]c2)c1-c1ccc(Cl)cc1. The summed E-state index contributed by atoms with van der Waals surface area (Å²) in [5, 5.41) is 7.59. The van der Waals surface area contributed by atoms with Gasteiger partial charge < -0.3 is 10.7 Å². The molecule has 2 heterocycles. The standard InChI is InChI=1S/C14H11ClN4O/c15-10-4-1-8(2-5-10)12-13(18-19-14(12)16)9-3-6-11(20)17-7-9/h1-7H,(H,17,20)(H3,16,18,19). The first kappa shape index (κ1) is 12.5. The van der Waals surface area contributed by atoms with Gasteiger partial charge in [0.25, 0.3) is 0 Å². The van der Waals surface area contributed by atoms with E-state index in [4.69, 9.17) is 17.3 Å². The number of pyridine rings is 1. The number of H-pyrrole nitrogens is 2. The van der Waals surface area contributed by atoms with Gasteiger partial charge >= 0.3 is 0 Å². The maximum Gasteiger partial charge on any atom is 0.247 e. The van der Waals surface area contributed by atoms with Crippen LogP contribution in [0.4, 0.5) is 5.82 Å². The first-order chi connectivity index (χ1) is 9.65. The summed E-state index contributed by atoms with van der Waals surface area (Å²) in [6.45, 7) is 0. The highest BCUT2D eigenvalue weighted by molar-refractivity contribution is 6.30. The van der Waals surface area contributed by atoms with Crippen LogP contribution in [0, 0.1) is 0 Å². The van der Waals surface area contributed by atoms with Crippen molar-refractivity contribution in [3.8, 4) is 22.4 Å². The van der Waals surface area contributed by atoms with E-state index < -0.39 is 0 Å². The van der Waals surface area contributed by atoms with Crippen molar-refractivity contribution in [1.82, 2.24) is 15.2 Å². The molecule has 3 rings (SSSR count). The van der Waals surface area contributed by atoms with Gasteiger partial charge in [-0.2, -0.15) is 5.10 Å². The predicted molar refractivity (Wildman–Crippen MR) is 79.5 cm³/mol. The lowest BCUT2D eigenvalue weighted by atomic mass is 10.0. The lowest BCUT2D eigenvalue weighted by Gasteiger charge is -2.04. The van der Waals surface area contributed by atoms with Gasteiger partial charge in [-0.15, -0.1) is 0 Å². The molecule has 0 spiro atoms. The molecule has 0 atom stereocenters. The summed E-state index contributed by atoms with van der Waals surface area (Å²) in [5.41, 5.74) is 9.02. The van der Waals surface area contributed by atoms with Crippen molar-refractivity contribution < 1.29 is 0 Å². The van der Waals surface area contributed by atoms with E-state index in [1.807, 2.05) is 12.1 Å². The molecular formula is C14H11ClN4O. The highest BCUT2D eigenvalue weighted by Crippen LogP contribution is 2.34. The molecular weight excluding hydrogens is 276 g/mol. The van der Waals surface area contributed by atoms with Crippen LogP contribution < -0.4 is 11.3 Å². The second-order valence-corrected chi connectivity index (χ2v) is 4.74. The molecule has 2 aromatic heterocycles. The Balaban J connectivity index is 2.16. The van der Waals surface area contributed by atoms with Crippen molar-refractivity contribution >= 4 is 17.4 Å². The number of hydrogen-bond donors (Lipinski definition) is 3. The number of rotatable bonds is 2. The number of anilines is 1. The molecule has 3 aromatic rings. The van der Waals surface area contributed by atoms with Crippen LogP contribution in [-0.4, -0.2) is 15.2 Å². The summed E-state index contributed by atoms with van der Waals surface area (Å²) < 4.78 is 0. The Morgan fingerprint density at radius 3 is 2.40 bits per heavy atom. The Labute approximate surface area is 119 Å². The second kappa shape index (κ2) is 4.86. The zero-order valence-corrected chi connectivity index (χ0v) is 11.1. The number of halogens is 1. The average molecular weight is 287 g/mol. The summed E-state index contributed by atoms with van der Waals surface area (Å²) >= 11 is 5.89. The van der Waals surface area contributed by atoms with E-state index in [1.165, 1.54) is 6.07 Å². The molecule has 0 aliphatic heterocycles. The zero-order valence-electron chi connectivity index (χ0n) is 10.4. The van der Waals surface area contributed by atoms with E-state index in [0.29, 0.717) is 10.8 Å². The molecule has 6 heteroatoms. The molecule has 0 aliphatic rings. The monoisotopic (exact) mass is 286 g/mol. The fraction of sp³-hybridized carbons (Fsp3) is 0. The van der Waals surface area contributed by atoms with Crippen LogP contribution >= 0.6 is 11.6 Å². The van der Waals surface area contributed by atoms with Crippen LogP contribution in [0.2, 0.25) is 5.02 Å². The van der Waals surface area contributed by atoms with Crippen molar-refractivity contribution in [2.24, 2.45) is 0 Å². The van der Waals surface area contributed by atoms with Gasteiger partial charge in [0.1, 0.15) is 0 Å². The van der Waals surface area contributed by atoms with Gasteiger partial charge in [0, 0.05) is 22.8 Å². The van der Waals surface area contributed by atoms with E-state index in [9.17, 15) is 4.79 Å². The summed E-state index contributed by atoms with van der Waals surface area (Å²) in [6.07, 6.45) is 1.62. The van der Waals surface area contributed by atoms with Gasteiger partial charge in [0.15, 0.2) is 5.82 Å². The molecule has 20 heavy (non-hydrogen) atoms. The normalized spacial score (nSPS) is 10.7. The van der Waals surface area contributed by atoms with Crippen molar-refractivity contribution in [3.05, 3.63) is 58.0 Å². The first-order valence-electron chi connectivity index (χ1n) is 5.94. The lowest BCUT2D eigenvalue weighted by Crippen LogP contribution is -2.01. The number of nitrogen functional groups attached to an aromatic ring is 1. The van der Waals surface area contributed by atoms with E-state index >= 15 is 0 Å². The Hall–Kier alpha value is -2.53. The molecule has 0 bridgehead atoms. The maximum atomic E-state index is 11.1. The predicted octanol–water partition coefficient (Wildman–Crippen LogP) is 2.67. The number of nitrogens with two attached hydrogens (primary N) is 1. The fourth-order valence-electron chi connectivity index (χ4n) is 2.04. The van der Waals surface area contributed by atoms with Crippen LogP contribution in [0.25, 0.3) is 22.4 Å². The first-order valence-corrected chi connectivity index (χ1v) is 6.32. The molecule has 0 radical (unpaired) electrons. The largest absolute Gasteiger partial charge is 0.382 e. The van der Waals surface area contributed by atoms with E-state index in [0.717, 1.165) is 22.4 Å². The summed E-state index contributed by atoms with van der Waals surface area (Å²) in [7, 11) is 0. The van der Waals surface area contributed by atoms with Gasteiger partial charge in [-0.05, 0) is 23.8 Å². The third-order valence-electron chi connectivity index (χ3n) is 3.00. The summed E-state index contributed by atoms with van der Waals surface area (Å²) in [6, 6.07) is 10.5. The smallest absolute Gasteiger partial charge is 0.247 e. The van der Waals surface area contributed by atoms with Crippen molar-refractivity contribution in [2.45, 2.75) is 0 Å². The van der Waals surface area contributed by atoms with Crippen molar-refractivity contribution in [1.29, 1.82) is 0 Å². The molecule has 5 nitrogen and oxygen atoms in total. The van der Waals surface area contributed by atoms with Gasteiger partial charge in [0.2, 0.25) is 5.56 Å². The number of nitrogens with one attached hydrogen (secondary N) is 2. The Kier molecular flexibility index (Phi) is 3.04. The van der Waals surface area contributed by atoms with Crippen LogP contribution in [0.5, 0.6) is 0 Å². The van der Waals surface area contributed by atoms with Gasteiger partial charge in [-0.3, -0.25) is 9.89 Å². The molecule has 1 aromatic carbocycles. The molecule has 100 valence electrons. The number of nitrogens with zero attached hydrogens (tertiary/aromatic N) is 1. The second-order valence-electron chi connectivity index (χ2n) is 4.31. The molecule has 0 aliphatic carbocycles. The van der Waals surface area contributed by atoms with E-state index in [2.05, 4.69) is 15.2 Å². The third-order valence-corrected chi connectivity index (χ3v) is 3.25. The van der Waals surface area contributed by atoms with Crippen molar-refractivity contribution in [3.63, 3.8) is 0 Å². The van der Waals surface area contributed by atoms with Crippen LogP contribution in [0.15, 0.2) is 47.4 Å². The molecule has 0 unspecified atom stereocenters. The Bertz CT molecular complexity index is 784. The molecule has 4 N–H and O–H groups in total. The quantitative estimate of drug-likeness (QED) is 0.677. The number of aromatic nitrogens is 3. The molecule has 0 amide bonds. The molecule has 0 saturated heterocycles. The minimum absolute atomic E-state index is 0.158. The molecule has 0 fully saturated rings. The van der Waals surface area contributed by atoms with Gasteiger partial charge in [0.05, 0.1) is 11.3 Å². The highest BCUT2D eigenvalue weighted by atomic mass is 35.5. The Morgan fingerprint density at radius 1 is 1.05 bits per heavy atom. The highest BCUT2D eigenvalue weighted by Gasteiger charge is 2.14. The number of hydrogen-bond acceptors (Lipinski definition) is 3. The fourth-order valence-corrected chi connectivity index (χ4v) is 2.17. The summed E-state index contributed by atoms with van der Waals surface area (Å²) in [5.74, 6) is 0.397. The third kappa shape index (κ3) is 2.19. The van der Waals surface area contributed by atoms with E-state index in [1.54, 1.807) is 24.4 Å². The topological polar surface area (TPSA) is 87.6 Å². The number of benzene rings is 1. The van der Waals surface area contributed by atoms with Crippen LogP contribution in [-0.2, 0) is 0 Å².